The van der Waals surface area contributed by atoms with Gasteiger partial charge in [-0.15, -0.1) is 11.3 Å². The molecule has 0 aromatic carbocycles. The lowest BCUT2D eigenvalue weighted by molar-refractivity contribution is -0.120. The first-order valence-electron chi connectivity index (χ1n) is 8.42. The largest absolute Gasteiger partial charge is 0.299 e. The van der Waals surface area contributed by atoms with Crippen LogP contribution in [0.25, 0.3) is 0 Å². The van der Waals surface area contributed by atoms with E-state index >= 15 is 0 Å². The minimum Gasteiger partial charge on any atom is -0.299 e. The van der Waals surface area contributed by atoms with Crippen molar-refractivity contribution in [1.29, 1.82) is 0 Å². The highest BCUT2D eigenvalue weighted by atomic mass is 32.1. The highest BCUT2D eigenvalue weighted by Gasteiger charge is 2.26. The molecular weight excluding hydrogens is 264 g/mol. The van der Waals surface area contributed by atoms with E-state index in [-0.39, 0.29) is 5.92 Å². The van der Waals surface area contributed by atoms with Gasteiger partial charge >= 0.3 is 0 Å². The van der Waals surface area contributed by atoms with Crippen LogP contribution in [0.2, 0.25) is 0 Å². The van der Waals surface area contributed by atoms with Gasteiger partial charge in [-0.3, -0.25) is 4.79 Å². The highest BCUT2D eigenvalue weighted by Crippen LogP contribution is 2.36. The lowest BCUT2D eigenvalue weighted by Crippen LogP contribution is -2.16. The second kappa shape index (κ2) is 8.61. The number of unbranched alkanes of at least 4 members (excludes halogenated alkanes) is 6. The Balaban J connectivity index is 1.66. The molecular formula is C18H28OS. The number of hydrogen-bond acceptors (Lipinski definition) is 2. The summed E-state index contributed by atoms with van der Waals surface area (Å²) in [6.07, 6.45) is 13.3. The van der Waals surface area contributed by atoms with Crippen molar-refractivity contribution >= 4 is 17.1 Å². The van der Waals surface area contributed by atoms with Crippen LogP contribution in [-0.2, 0) is 11.2 Å². The summed E-state index contributed by atoms with van der Waals surface area (Å²) in [6.45, 7) is 2.25. The first kappa shape index (κ1) is 15.8. The van der Waals surface area contributed by atoms with E-state index in [1.807, 2.05) is 11.3 Å². The standard InChI is InChI=1S/C18H28OS/c1-2-3-4-5-6-7-8-11-17(19)15-10-9-12-18-16(15)13-14-20-18/h13-15H,2-12H2,1H3. The molecule has 1 unspecified atom stereocenters. The molecule has 20 heavy (non-hydrogen) atoms. The van der Waals surface area contributed by atoms with Crippen LogP contribution < -0.4 is 0 Å². The maximum atomic E-state index is 12.4. The van der Waals surface area contributed by atoms with E-state index in [1.165, 1.54) is 61.8 Å². The van der Waals surface area contributed by atoms with Gasteiger partial charge in [0.2, 0.25) is 0 Å². The average Bonchev–Trinajstić information content (AvgIpc) is 2.94. The van der Waals surface area contributed by atoms with Gasteiger partial charge in [0.15, 0.2) is 0 Å². The first-order valence-corrected chi connectivity index (χ1v) is 9.30. The molecule has 1 aliphatic carbocycles. The molecule has 112 valence electrons. The molecule has 0 spiro atoms. The minimum atomic E-state index is 0.227. The number of hydrogen-bond donors (Lipinski definition) is 0. The molecule has 1 aromatic rings. The van der Waals surface area contributed by atoms with Crippen molar-refractivity contribution in [2.45, 2.75) is 83.5 Å². The van der Waals surface area contributed by atoms with Crippen LogP contribution >= 0.6 is 11.3 Å². The SMILES string of the molecule is CCCCCCCCCC(=O)C1CCCc2sccc21. The molecule has 1 aromatic heterocycles. The van der Waals surface area contributed by atoms with E-state index in [4.69, 9.17) is 0 Å². The predicted molar refractivity (Wildman–Crippen MR) is 87.6 cm³/mol. The third-order valence-corrected chi connectivity index (χ3v) is 5.46. The zero-order valence-electron chi connectivity index (χ0n) is 12.8. The number of carbonyl (C=O) groups excluding carboxylic acids is 1. The Kier molecular flexibility index (Phi) is 6.78. The van der Waals surface area contributed by atoms with Crippen molar-refractivity contribution in [3.63, 3.8) is 0 Å². The monoisotopic (exact) mass is 292 g/mol. The van der Waals surface area contributed by atoms with Gasteiger partial charge in [0, 0.05) is 17.2 Å². The topological polar surface area (TPSA) is 17.1 Å². The fraction of sp³-hybridized carbons (Fsp3) is 0.722. The fourth-order valence-electron chi connectivity index (χ4n) is 3.25. The summed E-state index contributed by atoms with van der Waals surface area (Å²) in [5.74, 6) is 0.725. The van der Waals surface area contributed by atoms with Crippen molar-refractivity contribution in [3.05, 3.63) is 21.9 Å². The normalized spacial score (nSPS) is 17.9. The Hall–Kier alpha value is -0.630. The summed E-state index contributed by atoms with van der Waals surface area (Å²) in [5, 5.41) is 2.16. The van der Waals surface area contributed by atoms with Gasteiger partial charge in [-0.25, -0.2) is 0 Å². The molecule has 1 aliphatic rings. The average molecular weight is 292 g/mol. The van der Waals surface area contributed by atoms with Crippen LogP contribution in [0, 0.1) is 0 Å². The van der Waals surface area contributed by atoms with Crippen molar-refractivity contribution in [2.75, 3.05) is 0 Å². The molecule has 0 saturated carbocycles. The van der Waals surface area contributed by atoms with Crippen LogP contribution in [-0.4, -0.2) is 5.78 Å². The third-order valence-electron chi connectivity index (χ3n) is 4.47. The van der Waals surface area contributed by atoms with Crippen molar-refractivity contribution < 1.29 is 4.79 Å². The molecule has 1 heterocycles. The second-order valence-corrected chi connectivity index (χ2v) is 7.08. The van der Waals surface area contributed by atoms with E-state index in [2.05, 4.69) is 18.4 Å². The number of rotatable bonds is 9. The Morgan fingerprint density at radius 3 is 2.75 bits per heavy atom. The maximum absolute atomic E-state index is 12.4. The van der Waals surface area contributed by atoms with E-state index in [9.17, 15) is 4.79 Å². The summed E-state index contributed by atoms with van der Waals surface area (Å²) < 4.78 is 0. The molecule has 0 amide bonds. The maximum Gasteiger partial charge on any atom is 0.140 e. The number of Topliss-reactive ketones (excluding diaryl/α,β-unsaturated/α-hetero) is 1. The van der Waals surface area contributed by atoms with Crippen LogP contribution in [0.5, 0.6) is 0 Å². The van der Waals surface area contributed by atoms with E-state index in [0.29, 0.717) is 5.78 Å². The molecule has 0 radical (unpaired) electrons. The van der Waals surface area contributed by atoms with Gasteiger partial charge in [-0.1, -0.05) is 45.4 Å². The molecule has 2 rings (SSSR count). The highest BCUT2D eigenvalue weighted by molar-refractivity contribution is 7.10. The quantitative estimate of drug-likeness (QED) is 0.520. The molecule has 1 nitrogen and oxygen atoms in total. The lowest BCUT2D eigenvalue weighted by atomic mass is 9.83. The van der Waals surface area contributed by atoms with Gasteiger partial charge in [-0.2, -0.15) is 0 Å². The number of fused-ring (bicyclic) bond motifs is 1. The minimum absolute atomic E-state index is 0.227. The zero-order valence-corrected chi connectivity index (χ0v) is 13.6. The van der Waals surface area contributed by atoms with E-state index < -0.39 is 0 Å². The summed E-state index contributed by atoms with van der Waals surface area (Å²) in [6, 6.07) is 2.19. The van der Waals surface area contributed by atoms with E-state index in [0.717, 1.165) is 19.3 Å². The Morgan fingerprint density at radius 2 is 1.95 bits per heavy atom. The lowest BCUT2D eigenvalue weighted by Gasteiger charge is -2.21. The van der Waals surface area contributed by atoms with Crippen LogP contribution in [0.1, 0.15) is 87.5 Å². The van der Waals surface area contributed by atoms with Gasteiger partial charge in [-0.05, 0) is 42.7 Å². The Bertz CT molecular complexity index is 407. The number of ketones is 1. The van der Waals surface area contributed by atoms with Crippen molar-refractivity contribution in [3.8, 4) is 0 Å². The molecule has 0 fully saturated rings. The summed E-state index contributed by atoms with van der Waals surface area (Å²) in [4.78, 5) is 13.9. The van der Waals surface area contributed by atoms with Crippen molar-refractivity contribution in [2.24, 2.45) is 0 Å². The molecule has 0 aliphatic heterocycles. The van der Waals surface area contributed by atoms with Crippen LogP contribution in [0.3, 0.4) is 0 Å². The molecule has 0 bridgehead atoms. The van der Waals surface area contributed by atoms with Gasteiger partial charge in [0.05, 0.1) is 0 Å². The van der Waals surface area contributed by atoms with Gasteiger partial charge in [0.1, 0.15) is 5.78 Å². The molecule has 0 saturated heterocycles. The van der Waals surface area contributed by atoms with Gasteiger partial charge < -0.3 is 0 Å². The second-order valence-electron chi connectivity index (χ2n) is 6.08. The summed E-state index contributed by atoms with van der Waals surface area (Å²) >= 11 is 1.83. The number of aryl methyl sites for hydroxylation is 1. The van der Waals surface area contributed by atoms with E-state index in [1.54, 1.807) is 0 Å². The summed E-state index contributed by atoms with van der Waals surface area (Å²) in [7, 11) is 0. The fourth-order valence-corrected chi connectivity index (χ4v) is 4.24. The molecule has 2 heteroatoms. The molecule has 1 atom stereocenters. The Labute approximate surface area is 127 Å². The van der Waals surface area contributed by atoms with Crippen molar-refractivity contribution in [1.82, 2.24) is 0 Å². The zero-order chi connectivity index (χ0) is 14.2. The van der Waals surface area contributed by atoms with Crippen LogP contribution in [0.15, 0.2) is 11.4 Å². The predicted octanol–water partition coefficient (Wildman–Crippen LogP) is 5.88. The Morgan fingerprint density at radius 1 is 1.20 bits per heavy atom. The number of thiophene rings is 1. The number of carbonyl (C=O) groups is 1. The third kappa shape index (κ3) is 4.44. The smallest absolute Gasteiger partial charge is 0.140 e. The summed E-state index contributed by atoms with van der Waals surface area (Å²) in [5.41, 5.74) is 1.36. The first-order chi connectivity index (χ1) is 9.83. The van der Waals surface area contributed by atoms with Crippen LogP contribution in [0.4, 0.5) is 0 Å². The van der Waals surface area contributed by atoms with Gasteiger partial charge in [0.25, 0.3) is 0 Å². The molecule has 0 N–H and O–H groups in total.